The van der Waals surface area contributed by atoms with Gasteiger partial charge in [0.1, 0.15) is 5.82 Å². The van der Waals surface area contributed by atoms with Gasteiger partial charge in [0.05, 0.1) is 33.2 Å². The van der Waals surface area contributed by atoms with Gasteiger partial charge in [0.15, 0.2) is 5.69 Å². The Kier molecular flexibility index (Phi) is 6.00. The van der Waals surface area contributed by atoms with Crippen LogP contribution in [0.3, 0.4) is 0 Å². The number of rotatable bonds is 4. The molecule has 1 N–H and O–H groups in total. The molecule has 4 rings (SSSR count). The van der Waals surface area contributed by atoms with Crippen molar-refractivity contribution in [2.75, 3.05) is 23.3 Å². The molecule has 3 heterocycles. The Morgan fingerprint density at radius 3 is 2.53 bits per heavy atom. The summed E-state index contributed by atoms with van der Waals surface area (Å²) in [7, 11) is 0. The maximum Gasteiger partial charge on any atom is 0.416 e. The first kappa shape index (κ1) is 22.3. The summed E-state index contributed by atoms with van der Waals surface area (Å²) in [5, 5.41) is 6.89. The van der Waals surface area contributed by atoms with Gasteiger partial charge in [0.2, 0.25) is 5.95 Å². The van der Waals surface area contributed by atoms with Crippen molar-refractivity contribution in [3.8, 4) is 5.69 Å². The number of aryl methyl sites for hydroxylation is 1. The Bertz CT molecular complexity index is 1170. The number of aromatic nitrogens is 4. The van der Waals surface area contributed by atoms with E-state index < -0.39 is 17.6 Å². The third-order valence-electron chi connectivity index (χ3n) is 4.91. The van der Waals surface area contributed by atoms with Gasteiger partial charge in [0, 0.05) is 19.2 Å². The standard InChI is InChI=1S/C20H17Cl2F3N6O/c1-11-8-16(31(29-11)15-9-12(20(23,24)25)4-5-13(15)21)27-18(32)17-14(22)10-26-19(28-17)30-6-2-3-7-30/h4-5,8-10H,2-3,6-7H2,1H3,(H,27,32). The van der Waals surface area contributed by atoms with E-state index in [0.717, 1.165) is 48.8 Å². The second-order valence-electron chi connectivity index (χ2n) is 7.26. The summed E-state index contributed by atoms with van der Waals surface area (Å²) >= 11 is 12.3. The summed E-state index contributed by atoms with van der Waals surface area (Å²) in [6, 6.07) is 4.38. The average molecular weight is 485 g/mol. The van der Waals surface area contributed by atoms with Crippen molar-refractivity contribution in [3.05, 3.63) is 57.5 Å². The summed E-state index contributed by atoms with van der Waals surface area (Å²) in [5.41, 5.74) is -0.516. The molecule has 3 aromatic rings. The fourth-order valence-electron chi connectivity index (χ4n) is 3.39. The molecule has 1 fully saturated rings. The molecule has 0 saturated carbocycles. The van der Waals surface area contributed by atoms with Gasteiger partial charge in [-0.1, -0.05) is 23.2 Å². The van der Waals surface area contributed by atoms with E-state index in [0.29, 0.717) is 11.6 Å². The molecule has 1 aliphatic heterocycles. The maximum absolute atomic E-state index is 13.2. The van der Waals surface area contributed by atoms with Crippen LogP contribution in [0.4, 0.5) is 24.9 Å². The van der Waals surface area contributed by atoms with Crippen LogP contribution in [0.15, 0.2) is 30.5 Å². The lowest BCUT2D eigenvalue weighted by Crippen LogP contribution is -2.23. The van der Waals surface area contributed by atoms with Crippen LogP contribution in [0.2, 0.25) is 10.0 Å². The minimum Gasteiger partial charge on any atom is -0.341 e. The van der Waals surface area contributed by atoms with Gasteiger partial charge in [0.25, 0.3) is 5.91 Å². The minimum atomic E-state index is -4.56. The van der Waals surface area contributed by atoms with Crippen molar-refractivity contribution in [1.82, 2.24) is 19.7 Å². The van der Waals surface area contributed by atoms with E-state index >= 15 is 0 Å². The molecule has 0 unspecified atom stereocenters. The SMILES string of the molecule is Cc1cc(NC(=O)c2nc(N3CCCC3)ncc2Cl)n(-c2cc(C(F)(F)F)ccc2Cl)n1. The zero-order chi connectivity index (χ0) is 23.0. The van der Waals surface area contributed by atoms with E-state index in [1.807, 2.05) is 4.90 Å². The number of benzene rings is 1. The third-order valence-corrected chi connectivity index (χ3v) is 5.51. The number of carbonyl (C=O) groups is 1. The molecular formula is C20H17Cl2F3N6O. The molecule has 32 heavy (non-hydrogen) atoms. The highest BCUT2D eigenvalue weighted by Crippen LogP contribution is 2.34. The van der Waals surface area contributed by atoms with Crippen molar-refractivity contribution in [2.24, 2.45) is 0 Å². The number of hydrogen-bond donors (Lipinski definition) is 1. The smallest absolute Gasteiger partial charge is 0.341 e. The van der Waals surface area contributed by atoms with Gasteiger partial charge >= 0.3 is 6.18 Å². The lowest BCUT2D eigenvalue weighted by Gasteiger charge is -2.16. The van der Waals surface area contributed by atoms with E-state index in [9.17, 15) is 18.0 Å². The molecule has 0 atom stereocenters. The van der Waals surface area contributed by atoms with Crippen molar-refractivity contribution >= 4 is 40.9 Å². The molecule has 12 heteroatoms. The average Bonchev–Trinajstić information content (AvgIpc) is 3.38. The van der Waals surface area contributed by atoms with Crippen LogP contribution in [0.1, 0.15) is 34.6 Å². The number of halogens is 5. The molecule has 1 aromatic carbocycles. The molecule has 0 radical (unpaired) electrons. The zero-order valence-corrected chi connectivity index (χ0v) is 18.3. The Morgan fingerprint density at radius 2 is 1.84 bits per heavy atom. The summed E-state index contributed by atoms with van der Waals surface area (Å²) in [6.07, 6.45) is -1.21. The fourth-order valence-corrected chi connectivity index (χ4v) is 3.76. The lowest BCUT2D eigenvalue weighted by atomic mass is 10.2. The zero-order valence-electron chi connectivity index (χ0n) is 16.7. The third kappa shape index (κ3) is 4.51. The summed E-state index contributed by atoms with van der Waals surface area (Å²) in [6.45, 7) is 3.20. The molecule has 7 nitrogen and oxygen atoms in total. The Hall–Kier alpha value is -2.85. The van der Waals surface area contributed by atoms with Crippen LogP contribution in [0.25, 0.3) is 5.69 Å². The van der Waals surface area contributed by atoms with Gasteiger partial charge in [-0.05, 0) is 38.0 Å². The molecule has 1 saturated heterocycles. The second-order valence-corrected chi connectivity index (χ2v) is 8.08. The van der Waals surface area contributed by atoms with Gasteiger partial charge in [-0.25, -0.2) is 14.6 Å². The maximum atomic E-state index is 13.2. The molecule has 0 bridgehead atoms. The number of hydrogen-bond acceptors (Lipinski definition) is 5. The van der Waals surface area contributed by atoms with Crippen molar-refractivity contribution < 1.29 is 18.0 Å². The molecule has 0 aliphatic carbocycles. The topological polar surface area (TPSA) is 75.9 Å². The first-order valence-corrected chi connectivity index (χ1v) is 10.4. The monoisotopic (exact) mass is 484 g/mol. The van der Waals surface area contributed by atoms with E-state index in [4.69, 9.17) is 23.2 Å². The number of nitrogens with one attached hydrogen (secondary N) is 1. The summed E-state index contributed by atoms with van der Waals surface area (Å²) in [4.78, 5) is 23.4. The highest BCUT2D eigenvalue weighted by Gasteiger charge is 2.31. The highest BCUT2D eigenvalue weighted by molar-refractivity contribution is 6.34. The van der Waals surface area contributed by atoms with Crippen molar-refractivity contribution in [2.45, 2.75) is 25.9 Å². The van der Waals surface area contributed by atoms with Crippen LogP contribution in [0.5, 0.6) is 0 Å². The molecule has 1 amide bonds. The first-order valence-electron chi connectivity index (χ1n) is 9.66. The second kappa shape index (κ2) is 8.59. The van der Waals surface area contributed by atoms with Crippen molar-refractivity contribution in [1.29, 1.82) is 0 Å². The number of alkyl halides is 3. The molecular weight excluding hydrogens is 468 g/mol. The van der Waals surface area contributed by atoms with Gasteiger partial charge in [-0.15, -0.1) is 0 Å². The Morgan fingerprint density at radius 1 is 1.12 bits per heavy atom. The van der Waals surface area contributed by atoms with E-state index in [1.54, 1.807) is 6.92 Å². The van der Waals surface area contributed by atoms with E-state index in [2.05, 4.69) is 20.4 Å². The van der Waals surface area contributed by atoms with Crippen molar-refractivity contribution in [3.63, 3.8) is 0 Å². The van der Waals surface area contributed by atoms with E-state index in [1.165, 1.54) is 12.3 Å². The van der Waals surface area contributed by atoms with Crippen LogP contribution < -0.4 is 10.2 Å². The largest absolute Gasteiger partial charge is 0.416 e. The predicted molar refractivity (Wildman–Crippen MR) is 115 cm³/mol. The fraction of sp³-hybridized carbons (Fsp3) is 0.300. The minimum absolute atomic E-state index is 0.0311. The van der Waals surface area contributed by atoms with E-state index in [-0.39, 0.29) is 27.2 Å². The van der Waals surface area contributed by atoms with Crippen LogP contribution in [0, 0.1) is 6.92 Å². The van der Waals surface area contributed by atoms with Gasteiger partial charge < -0.3 is 10.2 Å². The Labute approximate surface area is 191 Å². The lowest BCUT2D eigenvalue weighted by molar-refractivity contribution is -0.137. The van der Waals surface area contributed by atoms with Crippen LogP contribution in [-0.4, -0.2) is 38.7 Å². The normalized spacial score (nSPS) is 14.1. The predicted octanol–water partition coefficient (Wildman–Crippen LogP) is 5.15. The molecule has 2 aromatic heterocycles. The quantitative estimate of drug-likeness (QED) is 0.554. The van der Waals surface area contributed by atoms with Crippen LogP contribution in [-0.2, 0) is 6.18 Å². The number of carbonyl (C=O) groups excluding carboxylic acids is 1. The molecule has 168 valence electrons. The number of amides is 1. The van der Waals surface area contributed by atoms with Gasteiger partial charge in [-0.2, -0.15) is 18.3 Å². The first-order chi connectivity index (χ1) is 15.1. The number of anilines is 2. The summed E-state index contributed by atoms with van der Waals surface area (Å²) in [5.74, 6) is -0.143. The van der Waals surface area contributed by atoms with Crippen LogP contribution >= 0.6 is 23.2 Å². The van der Waals surface area contributed by atoms with Gasteiger partial charge in [-0.3, -0.25) is 4.79 Å². The molecule has 0 spiro atoms. The summed E-state index contributed by atoms with van der Waals surface area (Å²) < 4.78 is 40.7. The number of nitrogens with zero attached hydrogens (tertiary/aromatic N) is 5. The molecule has 1 aliphatic rings. The Balaban J connectivity index is 1.68. The highest BCUT2D eigenvalue weighted by atomic mass is 35.5.